The maximum Gasteiger partial charge on any atom is 1.00 e. The number of fused-ring (bicyclic) bond motifs is 1. The molecule has 0 spiro atoms. The molecule has 7 heteroatoms. The van der Waals surface area contributed by atoms with Crippen LogP contribution in [0.1, 0.15) is 33.5 Å². The first kappa shape index (κ1) is 28.3. The van der Waals surface area contributed by atoms with Crippen LogP contribution in [0.2, 0.25) is 0 Å². The number of rotatable bonds is 9. The molecule has 0 aliphatic heterocycles. The van der Waals surface area contributed by atoms with Gasteiger partial charge in [0.05, 0.1) is 0 Å². The Hall–Kier alpha value is -3.30. The van der Waals surface area contributed by atoms with Gasteiger partial charge in [-0.1, -0.05) is 66.7 Å². The molecule has 0 fully saturated rings. The zero-order valence-corrected chi connectivity index (χ0v) is 22.1. The number of aryl methyl sites for hydroxylation is 1. The van der Waals surface area contributed by atoms with Crippen LogP contribution in [0.5, 0.6) is 0 Å². The van der Waals surface area contributed by atoms with E-state index < -0.39 is 17.9 Å². The van der Waals surface area contributed by atoms with Crippen molar-refractivity contribution in [2.24, 2.45) is 0 Å². The maximum absolute atomic E-state index is 13.3. The summed E-state index contributed by atoms with van der Waals surface area (Å²) in [5.41, 5.74) is 5.10. The molecule has 2 N–H and O–H groups in total. The molecule has 0 aliphatic rings. The Bertz CT molecular complexity index is 1430. The average Bonchev–Trinajstić information content (AvgIpc) is 2.89. The van der Waals surface area contributed by atoms with Crippen molar-refractivity contribution in [3.63, 3.8) is 0 Å². The second-order valence-electron chi connectivity index (χ2n) is 8.55. The molecule has 0 saturated carbocycles. The zero-order valence-electron chi connectivity index (χ0n) is 21.3. The Morgan fingerprint density at radius 1 is 1.00 bits per heavy atom. The first-order chi connectivity index (χ1) is 17.5. The predicted molar refractivity (Wildman–Crippen MR) is 149 cm³/mol. The number of aromatic nitrogens is 1. The number of hydrogen-bond acceptors (Lipinski definition) is 4. The molecule has 1 amide bonds. The summed E-state index contributed by atoms with van der Waals surface area (Å²) in [7, 11) is 0. The summed E-state index contributed by atoms with van der Waals surface area (Å²) in [4.78, 5) is 29.3. The van der Waals surface area contributed by atoms with Crippen LogP contribution in [-0.4, -0.2) is 40.0 Å². The molecule has 0 bridgehead atoms. The fourth-order valence-corrected chi connectivity index (χ4v) is 4.62. The summed E-state index contributed by atoms with van der Waals surface area (Å²) < 4.78 is 0. The van der Waals surface area contributed by atoms with E-state index in [0.717, 1.165) is 38.6 Å². The molecule has 1 atom stereocenters. The van der Waals surface area contributed by atoms with Gasteiger partial charge in [-0.15, -0.1) is 0 Å². The van der Waals surface area contributed by atoms with E-state index in [1.54, 1.807) is 17.8 Å². The number of nitrogens with zero attached hydrogens (tertiary/aromatic N) is 1. The number of amides is 1. The average molecular weight is 504 g/mol. The molecule has 0 radical (unpaired) electrons. The molecule has 1 unspecified atom stereocenters. The minimum Gasteiger partial charge on any atom is -0.480 e. The number of pyridine rings is 1. The molecule has 1 heterocycles. The number of aliphatic carboxylic acids is 1. The van der Waals surface area contributed by atoms with Gasteiger partial charge in [-0.05, 0) is 65.1 Å². The van der Waals surface area contributed by atoms with Crippen molar-refractivity contribution in [1.82, 2.24) is 10.3 Å². The van der Waals surface area contributed by atoms with Crippen LogP contribution in [0, 0.1) is 6.92 Å². The van der Waals surface area contributed by atoms with Crippen molar-refractivity contribution in [2.45, 2.75) is 19.4 Å². The molecule has 3 aromatic carbocycles. The molecule has 37 heavy (non-hydrogen) atoms. The van der Waals surface area contributed by atoms with Gasteiger partial charge in [0.25, 0.3) is 5.91 Å². The second kappa shape index (κ2) is 13.3. The third-order valence-electron chi connectivity index (χ3n) is 6.09. The van der Waals surface area contributed by atoms with Gasteiger partial charge in [0.15, 0.2) is 0 Å². The van der Waals surface area contributed by atoms with E-state index in [1.807, 2.05) is 92.3 Å². The summed E-state index contributed by atoms with van der Waals surface area (Å²) in [6, 6.07) is 20.7. The normalized spacial score (nSPS) is 11.7. The molecule has 4 aromatic rings. The van der Waals surface area contributed by atoms with E-state index in [1.165, 1.54) is 0 Å². The van der Waals surface area contributed by atoms with E-state index in [0.29, 0.717) is 17.7 Å². The fraction of sp³-hybridized carbons (Fsp3) is 0.167. The number of hydrogen-bond donors (Lipinski definition) is 2. The predicted octanol–water partition coefficient (Wildman–Crippen LogP) is 3.32. The van der Waals surface area contributed by atoms with E-state index in [4.69, 9.17) is 0 Å². The molecule has 5 nitrogen and oxygen atoms in total. The van der Waals surface area contributed by atoms with Crippen molar-refractivity contribution < 1.29 is 33.6 Å². The minimum absolute atomic E-state index is 0. The van der Waals surface area contributed by atoms with Crippen LogP contribution < -0.4 is 24.2 Å². The molecule has 0 aliphatic carbocycles. The summed E-state index contributed by atoms with van der Waals surface area (Å²) in [6.07, 6.45) is 9.99. The van der Waals surface area contributed by atoms with Crippen LogP contribution in [0.25, 0.3) is 34.1 Å². The Morgan fingerprint density at radius 2 is 1.76 bits per heavy atom. The summed E-state index contributed by atoms with van der Waals surface area (Å²) in [6.45, 7) is 2.00. The Balaban J connectivity index is 0.00000380. The molecule has 182 valence electrons. The van der Waals surface area contributed by atoms with Crippen molar-refractivity contribution in [3.05, 3.63) is 101 Å². The van der Waals surface area contributed by atoms with E-state index in [2.05, 4.69) is 16.4 Å². The number of nitrogens with one attached hydrogen (secondary N) is 1. The van der Waals surface area contributed by atoms with Gasteiger partial charge in [-0.25, -0.2) is 4.79 Å². The van der Waals surface area contributed by atoms with E-state index in [-0.39, 0.29) is 18.9 Å². The van der Waals surface area contributed by atoms with Gasteiger partial charge in [0, 0.05) is 28.9 Å². The largest absolute Gasteiger partial charge is 1.00 e. The number of benzene rings is 3. The van der Waals surface area contributed by atoms with Gasteiger partial charge < -0.3 is 10.4 Å². The molecular weight excluding hydrogens is 475 g/mol. The van der Waals surface area contributed by atoms with Gasteiger partial charge in [0.1, 0.15) is 6.04 Å². The topological polar surface area (TPSA) is 79.3 Å². The first-order valence-corrected chi connectivity index (χ1v) is 13.1. The quantitative estimate of drug-likeness (QED) is 0.343. The van der Waals surface area contributed by atoms with Crippen molar-refractivity contribution in [3.8, 4) is 11.1 Å². The number of carbonyl (C=O) groups excluding carboxylic acids is 1. The third-order valence-corrected chi connectivity index (χ3v) is 6.74. The van der Waals surface area contributed by atoms with Crippen molar-refractivity contribution in [1.29, 1.82) is 0 Å². The van der Waals surface area contributed by atoms with Gasteiger partial charge in [-0.2, -0.15) is 11.8 Å². The number of carboxylic acid groups (broad SMARTS) is 1. The van der Waals surface area contributed by atoms with Crippen LogP contribution in [0.3, 0.4) is 0 Å². The Morgan fingerprint density at radius 3 is 2.51 bits per heavy atom. The smallest absolute Gasteiger partial charge is 0.480 e. The molecule has 0 saturated heterocycles. The van der Waals surface area contributed by atoms with Crippen LogP contribution >= 0.6 is 11.8 Å². The monoisotopic (exact) mass is 503 g/mol. The minimum atomic E-state index is -1.03. The van der Waals surface area contributed by atoms with Crippen LogP contribution in [0.4, 0.5) is 0 Å². The van der Waals surface area contributed by atoms with Crippen LogP contribution in [0.15, 0.2) is 79.1 Å². The van der Waals surface area contributed by atoms with Gasteiger partial charge >= 0.3 is 24.8 Å². The Labute approximate surface area is 233 Å². The van der Waals surface area contributed by atoms with E-state index in [9.17, 15) is 14.7 Å². The summed E-state index contributed by atoms with van der Waals surface area (Å²) in [5, 5.41) is 14.5. The SMILES string of the molecule is CSCCC(NC(=O)c1ccc(/C=C/c2cncc3ccccc23)cc1-c1ccccc1C)C(=O)O.[Li+]. The number of carbonyl (C=O) groups is 2. The first-order valence-electron chi connectivity index (χ1n) is 11.7. The maximum atomic E-state index is 13.3. The van der Waals surface area contributed by atoms with Gasteiger partial charge in [0.2, 0.25) is 0 Å². The molecule has 4 rings (SSSR count). The summed E-state index contributed by atoms with van der Waals surface area (Å²) in [5.74, 6) is -0.775. The van der Waals surface area contributed by atoms with Crippen molar-refractivity contribution >= 4 is 46.6 Å². The van der Waals surface area contributed by atoms with Crippen LogP contribution in [-0.2, 0) is 4.79 Å². The third kappa shape index (κ3) is 6.93. The standard InChI is InChI=1S/C30H28N2O3S.Li/c1-20-7-3-5-9-24(20)27-17-21(11-13-23-19-31-18-22-8-4-6-10-25(22)23)12-14-26(27)29(33)32-28(30(34)35)15-16-36-2;/h3-14,17-19,28H,15-16H2,1-2H3,(H,32,33)(H,34,35);/q;+1/b13-11+;. The number of thioether (sulfide) groups is 1. The molecule has 1 aromatic heterocycles. The number of carboxylic acids is 1. The second-order valence-corrected chi connectivity index (χ2v) is 9.53. The summed E-state index contributed by atoms with van der Waals surface area (Å²) >= 11 is 1.55. The van der Waals surface area contributed by atoms with Gasteiger partial charge in [-0.3, -0.25) is 9.78 Å². The molecular formula is C30H28LiN2O3S+. The van der Waals surface area contributed by atoms with Crippen molar-refractivity contribution in [2.75, 3.05) is 12.0 Å². The fourth-order valence-electron chi connectivity index (χ4n) is 4.15. The zero-order chi connectivity index (χ0) is 25.5. The Kier molecular flexibility index (Phi) is 10.2. The van der Waals surface area contributed by atoms with E-state index >= 15 is 0 Å².